The van der Waals surface area contributed by atoms with E-state index in [0.717, 1.165) is 18.0 Å². The summed E-state index contributed by atoms with van der Waals surface area (Å²) in [5, 5.41) is 3.74. The summed E-state index contributed by atoms with van der Waals surface area (Å²) in [5.74, 6) is 1.04. The van der Waals surface area contributed by atoms with Crippen LogP contribution in [0.5, 0.6) is 0 Å². The standard InChI is InChI=1S/C11H21N.ClH/c1-2-9-3-5-10(6-4-9)12-11-7-8-11;/h9-12H,2-8H2,1H3;1H. The van der Waals surface area contributed by atoms with Gasteiger partial charge >= 0.3 is 0 Å². The first kappa shape index (κ1) is 11.3. The van der Waals surface area contributed by atoms with Gasteiger partial charge in [-0.2, -0.15) is 0 Å². The van der Waals surface area contributed by atoms with Gasteiger partial charge in [0.15, 0.2) is 0 Å². The maximum atomic E-state index is 3.74. The van der Waals surface area contributed by atoms with Gasteiger partial charge in [-0.25, -0.2) is 0 Å². The largest absolute Gasteiger partial charge is 0.311 e. The van der Waals surface area contributed by atoms with Crippen molar-refractivity contribution in [2.45, 2.75) is 64.0 Å². The van der Waals surface area contributed by atoms with Gasteiger partial charge in [0.2, 0.25) is 0 Å². The summed E-state index contributed by atoms with van der Waals surface area (Å²) in [6.45, 7) is 2.33. The van der Waals surface area contributed by atoms with E-state index >= 15 is 0 Å². The topological polar surface area (TPSA) is 12.0 Å². The average Bonchev–Trinajstić information content (AvgIpc) is 2.90. The Kier molecular flexibility index (Phi) is 4.54. The molecular formula is C11H22ClN. The molecule has 0 bridgehead atoms. The first-order chi connectivity index (χ1) is 5.88. The van der Waals surface area contributed by atoms with Crippen LogP contribution in [0.4, 0.5) is 0 Å². The Morgan fingerprint density at radius 3 is 1.77 bits per heavy atom. The van der Waals surface area contributed by atoms with E-state index in [1.807, 2.05) is 0 Å². The highest BCUT2D eigenvalue weighted by Gasteiger charge is 2.27. The van der Waals surface area contributed by atoms with Gasteiger partial charge in [0, 0.05) is 12.1 Å². The van der Waals surface area contributed by atoms with E-state index in [2.05, 4.69) is 12.2 Å². The molecule has 2 rings (SSSR count). The zero-order valence-corrected chi connectivity index (χ0v) is 9.41. The molecule has 1 N–H and O–H groups in total. The molecule has 0 aromatic carbocycles. The second-order valence-corrected chi connectivity index (χ2v) is 4.57. The Labute approximate surface area is 88.1 Å². The molecule has 78 valence electrons. The number of nitrogens with one attached hydrogen (secondary N) is 1. The summed E-state index contributed by atoms with van der Waals surface area (Å²) >= 11 is 0. The van der Waals surface area contributed by atoms with Crippen molar-refractivity contribution >= 4 is 12.4 Å². The van der Waals surface area contributed by atoms with E-state index in [4.69, 9.17) is 0 Å². The van der Waals surface area contributed by atoms with Crippen molar-refractivity contribution < 1.29 is 0 Å². The molecule has 2 aliphatic carbocycles. The van der Waals surface area contributed by atoms with Crippen molar-refractivity contribution in [1.29, 1.82) is 0 Å². The summed E-state index contributed by atoms with van der Waals surface area (Å²) in [5.41, 5.74) is 0. The van der Waals surface area contributed by atoms with Crippen LogP contribution in [0.1, 0.15) is 51.9 Å². The van der Waals surface area contributed by atoms with Crippen molar-refractivity contribution in [1.82, 2.24) is 5.32 Å². The Bertz CT molecular complexity index is 137. The SMILES string of the molecule is CCC1CCC(NC2CC2)CC1.Cl. The van der Waals surface area contributed by atoms with Crippen LogP contribution in [0.15, 0.2) is 0 Å². The van der Waals surface area contributed by atoms with E-state index < -0.39 is 0 Å². The lowest BCUT2D eigenvalue weighted by Gasteiger charge is -2.28. The van der Waals surface area contributed by atoms with E-state index in [9.17, 15) is 0 Å². The lowest BCUT2D eigenvalue weighted by molar-refractivity contribution is 0.285. The molecule has 0 heterocycles. The molecule has 0 aromatic rings. The summed E-state index contributed by atoms with van der Waals surface area (Å²) < 4.78 is 0. The number of halogens is 1. The molecule has 0 spiro atoms. The van der Waals surface area contributed by atoms with E-state index in [-0.39, 0.29) is 12.4 Å². The first-order valence-corrected chi connectivity index (χ1v) is 5.64. The molecule has 0 atom stereocenters. The van der Waals surface area contributed by atoms with Gasteiger partial charge < -0.3 is 5.32 Å². The third-order valence-corrected chi connectivity index (χ3v) is 3.47. The van der Waals surface area contributed by atoms with Crippen molar-refractivity contribution in [2.75, 3.05) is 0 Å². The minimum absolute atomic E-state index is 0. The highest BCUT2D eigenvalue weighted by molar-refractivity contribution is 5.85. The number of rotatable bonds is 3. The van der Waals surface area contributed by atoms with Crippen LogP contribution in [0.25, 0.3) is 0 Å². The van der Waals surface area contributed by atoms with Gasteiger partial charge in [-0.05, 0) is 44.4 Å². The van der Waals surface area contributed by atoms with Crippen LogP contribution in [-0.2, 0) is 0 Å². The van der Waals surface area contributed by atoms with Crippen molar-refractivity contribution in [3.63, 3.8) is 0 Å². The molecule has 0 saturated heterocycles. The lowest BCUT2D eigenvalue weighted by atomic mass is 9.84. The molecule has 13 heavy (non-hydrogen) atoms. The van der Waals surface area contributed by atoms with Crippen molar-refractivity contribution in [2.24, 2.45) is 5.92 Å². The molecule has 2 saturated carbocycles. The summed E-state index contributed by atoms with van der Waals surface area (Å²) in [4.78, 5) is 0. The molecule has 1 nitrogen and oxygen atoms in total. The highest BCUT2D eigenvalue weighted by atomic mass is 35.5. The summed E-state index contributed by atoms with van der Waals surface area (Å²) in [6.07, 6.45) is 10.1. The normalized spacial score (nSPS) is 33.9. The minimum atomic E-state index is 0. The molecule has 0 unspecified atom stereocenters. The third kappa shape index (κ3) is 3.47. The fraction of sp³-hybridized carbons (Fsp3) is 1.00. The van der Waals surface area contributed by atoms with Gasteiger partial charge in [-0.3, -0.25) is 0 Å². The first-order valence-electron chi connectivity index (χ1n) is 5.64. The lowest BCUT2D eigenvalue weighted by Crippen LogP contribution is -2.34. The monoisotopic (exact) mass is 203 g/mol. The predicted octanol–water partition coefficient (Wildman–Crippen LogP) is 3.13. The molecule has 2 fully saturated rings. The van der Waals surface area contributed by atoms with Gasteiger partial charge in [-0.1, -0.05) is 13.3 Å². The molecule has 0 amide bonds. The van der Waals surface area contributed by atoms with E-state index in [1.54, 1.807) is 0 Å². The molecule has 0 radical (unpaired) electrons. The van der Waals surface area contributed by atoms with Crippen molar-refractivity contribution in [3.05, 3.63) is 0 Å². The van der Waals surface area contributed by atoms with Crippen LogP contribution in [-0.4, -0.2) is 12.1 Å². The fourth-order valence-electron chi connectivity index (χ4n) is 2.32. The second kappa shape index (κ2) is 5.21. The third-order valence-electron chi connectivity index (χ3n) is 3.47. The fourth-order valence-corrected chi connectivity index (χ4v) is 2.32. The van der Waals surface area contributed by atoms with Gasteiger partial charge in [0.25, 0.3) is 0 Å². The predicted molar refractivity (Wildman–Crippen MR) is 59.4 cm³/mol. The van der Waals surface area contributed by atoms with Crippen LogP contribution >= 0.6 is 12.4 Å². The smallest absolute Gasteiger partial charge is 0.00708 e. The molecule has 0 aromatic heterocycles. The molecule has 0 aliphatic heterocycles. The molecule has 2 aliphatic rings. The average molecular weight is 204 g/mol. The maximum absolute atomic E-state index is 3.74. The van der Waals surface area contributed by atoms with Gasteiger partial charge in [-0.15, -0.1) is 12.4 Å². The molecule has 2 heteroatoms. The quantitative estimate of drug-likeness (QED) is 0.744. The van der Waals surface area contributed by atoms with Crippen LogP contribution in [0.2, 0.25) is 0 Å². The Hall–Kier alpha value is 0.250. The Morgan fingerprint density at radius 1 is 0.923 bits per heavy atom. The summed E-state index contributed by atoms with van der Waals surface area (Å²) in [6, 6.07) is 1.79. The Morgan fingerprint density at radius 2 is 1.38 bits per heavy atom. The van der Waals surface area contributed by atoms with E-state index in [1.165, 1.54) is 44.9 Å². The van der Waals surface area contributed by atoms with Gasteiger partial charge in [0.05, 0.1) is 0 Å². The van der Waals surface area contributed by atoms with Gasteiger partial charge in [0.1, 0.15) is 0 Å². The minimum Gasteiger partial charge on any atom is -0.311 e. The van der Waals surface area contributed by atoms with Crippen LogP contribution < -0.4 is 5.32 Å². The van der Waals surface area contributed by atoms with E-state index in [0.29, 0.717) is 0 Å². The summed E-state index contributed by atoms with van der Waals surface area (Å²) in [7, 11) is 0. The van der Waals surface area contributed by atoms with Crippen LogP contribution in [0.3, 0.4) is 0 Å². The highest BCUT2D eigenvalue weighted by Crippen LogP contribution is 2.29. The maximum Gasteiger partial charge on any atom is 0.00708 e. The Balaban J connectivity index is 0.000000845. The number of hydrogen-bond acceptors (Lipinski definition) is 1. The zero-order valence-electron chi connectivity index (χ0n) is 8.59. The second-order valence-electron chi connectivity index (χ2n) is 4.57. The number of hydrogen-bond donors (Lipinski definition) is 1. The van der Waals surface area contributed by atoms with Crippen molar-refractivity contribution in [3.8, 4) is 0 Å². The molecular weight excluding hydrogens is 182 g/mol. The van der Waals surface area contributed by atoms with Crippen LogP contribution in [0, 0.1) is 5.92 Å². The zero-order chi connectivity index (χ0) is 8.39.